The van der Waals surface area contributed by atoms with Crippen molar-refractivity contribution >= 4 is 23.7 Å². The minimum absolute atomic E-state index is 0.0597. The predicted octanol–water partition coefficient (Wildman–Crippen LogP) is 1.13. The lowest BCUT2D eigenvalue weighted by molar-refractivity contribution is -0.187. The second-order valence-corrected chi connectivity index (χ2v) is 4.83. The third-order valence-corrected chi connectivity index (χ3v) is 3.14. The first-order valence-corrected chi connectivity index (χ1v) is 6.40. The van der Waals surface area contributed by atoms with Crippen LogP contribution in [0, 0.1) is 0 Å². The minimum atomic E-state index is -0.612. The van der Waals surface area contributed by atoms with E-state index in [-0.39, 0.29) is 11.7 Å². The Bertz CT molecular complexity index is 315. The topological polar surface area (TPSA) is 61.8 Å². The van der Waals surface area contributed by atoms with Crippen molar-refractivity contribution in [1.29, 1.82) is 0 Å². The fraction of sp³-hybridized carbons (Fsp3) is 0.636. The van der Waals surface area contributed by atoms with Gasteiger partial charge in [-0.3, -0.25) is 0 Å². The molecular weight excluding hydrogens is 244 g/mol. The molecule has 0 bridgehead atoms. The maximum absolute atomic E-state index is 11.3. The van der Waals surface area contributed by atoms with Crippen LogP contribution in [0.1, 0.15) is 13.8 Å². The molecule has 6 heteroatoms. The van der Waals surface area contributed by atoms with Gasteiger partial charge < -0.3 is 14.2 Å². The Balaban J connectivity index is 2.25. The van der Waals surface area contributed by atoms with Crippen molar-refractivity contribution < 1.29 is 23.8 Å². The van der Waals surface area contributed by atoms with Gasteiger partial charge in [-0.05, 0) is 13.8 Å². The van der Waals surface area contributed by atoms with Crippen LogP contribution >= 0.6 is 11.8 Å². The van der Waals surface area contributed by atoms with Crippen LogP contribution in [-0.2, 0) is 23.8 Å². The molecule has 0 radical (unpaired) electrons. The summed E-state index contributed by atoms with van der Waals surface area (Å²) in [6, 6.07) is 0. The van der Waals surface area contributed by atoms with E-state index >= 15 is 0 Å². The maximum Gasteiger partial charge on any atom is 0.346 e. The zero-order valence-corrected chi connectivity index (χ0v) is 10.7. The second-order valence-electron chi connectivity index (χ2n) is 3.76. The van der Waals surface area contributed by atoms with Crippen molar-refractivity contribution in [1.82, 2.24) is 0 Å². The van der Waals surface area contributed by atoms with E-state index in [9.17, 15) is 9.59 Å². The molecule has 17 heavy (non-hydrogen) atoms. The lowest BCUT2D eigenvalue weighted by atomic mass is 10.4. The number of hydrogen-bond donors (Lipinski definition) is 0. The number of hydrogen-bond acceptors (Lipinski definition) is 6. The smallest absolute Gasteiger partial charge is 0.346 e. The van der Waals surface area contributed by atoms with E-state index < -0.39 is 24.8 Å². The highest BCUT2D eigenvalue weighted by Gasteiger charge is 2.23. The summed E-state index contributed by atoms with van der Waals surface area (Å²) in [6.45, 7) is 6.41. The molecule has 0 aromatic heterocycles. The fourth-order valence-corrected chi connectivity index (χ4v) is 2.04. The summed E-state index contributed by atoms with van der Waals surface area (Å²) in [6.07, 6.45) is -0.496. The maximum atomic E-state index is 11.3. The van der Waals surface area contributed by atoms with Gasteiger partial charge in [0, 0.05) is 11.3 Å². The van der Waals surface area contributed by atoms with E-state index in [0.29, 0.717) is 5.75 Å². The molecule has 0 saturated carbocycles. The first-order chi connectivity index (χ1) is 7.99. The van der Waals surface area contributed by atoms with Crippen LogP contribution in [0.25, 0.3) is 0 Å². The van der Waals surface area contributed by atoms with Crippen LogP contribution in [0.5, 0.6) is 0 Å². The SMILES string of the molecule is C=C(C)C(=O)OCC(=O)OC1CSCC(C)O1. The molecule has 0 aliphatic carbocycles. The molecule has 1 aliphatic heterocycles. The fourth-order valence-electron chi connectivity index (χ4n) is 1.16. The molecule has 1 rings (SSSR count). The lowest BCUT2D eigenvalue weighted by Crippen LogP contribution is -2.34. The van der Waals surface area contributed by atoms with E-state index in [1.54, 1.807) is 11.8 Å². The Morgan fingerprint density at radius 3 is 2.76 bits per heavy atom. The highest BCUT2D eigenvalue weighted by Crippen LogP contribution is 2.18. The van der Waals surface area contributed by atoms with Gasteiger partial charge >= 0.3 is 11.9 Å². The summed E-state index contributed by atoms with van der Waals surface area (Å²) in [5.74, 6) is 0.275. The molecular formula is C11H16O5S. The molecule has 0 N–H and O–H groups in total. The monoisotopic (exact) mass is 260 g/mol. The Morgan fingerprint density at radius 2 is 2.18 bits per heavy atom. The van der Waals surface area contributed by atoms with Gasteiger partial charge in [0.1, 0.15) is 0 Å². The summed E-state index contributed by atoms with van der Waals surface area (Å²) in [5.41, 5.74) is 0.246. The van der Waals surface area contributed by atoms with Crippen molar-refractivity contribution in [3.05, 3.63) is 12.2 Å². The van der Waals surface area contributed by atoms with E-state index in [4.69, 9.17) is 9.47 Å². The van der Waals surface area contributed by atoms with Crippen LogP contribution in [-0.4, -0.2) is 42.4 Å². The molecule has 1 saturated heterocycles. The Hall–Kier alpha value is -1.01. The van der Waals surface area contributed by atoms with Crippen LogP contribution in [0.4, 0.5) is 0 Å². The number of carbonyl (C=O) groups excluding carboxylic acids is 2. The largest absolute Gasteiger partial charge is 0.450 e. The second kappa shape index (κ2) is 6.66. The van der Waals surface area contributed by atoms with Crippen molar-refractivity contribution in [2.45, 2.75) is 26.2 Å². The zero-order chi connectivity index (χ0) is 12.8. The first kappa shape index (κ1) is 14.1. The molecule has 0 amide bonds. The summed E-state index contributed by atoms with van der Waals surface area (Å²) < 4.78 is 15.1. The van der Waals surface area contributed by atoms with Crippen LogP contribution < -0.4 is 0 Å². The van der Waals surface area contributed by atoms with Gasteiger partial charge in [-0.15, -0.1) is 0 Å². The third-order valence-electron chi connectivity index (χ3n) is 1.92. The van der Waals surface area contributed by atoms with E-state index in [2.05, 4.69) is 11.3 Å². The number of carbonyl (C=O) groups is 2. The molecule has 0 aromatic rings. The zero-order valence-electron chi connectivity index (χ0n) is 9.93. The molecule has 2 atom stereocenters. The Kier molecular flexibility index (Phi) is 5.50. The third kappa shape index (κ3) is 5.23. The van der Waals surface area contributed by atoms with Crippen LogP contribution in [0.3, 0.4) is 0 Å². The van der Waals surface area contributed by atoms with Crippen LogP contribution in [0.15, 0.2) is 12.2 Å². The van der Waals surface area contributed by atoms with Crippen molar-refractivity contribution in [3.63, 3.8) is 0 Å². The van der Waals surface area contributed by atoms with Gasteiger partial charge in [-0.1, -0.05) is 6.58 Å². The van der Waals surface area contributed by atoms with Crippen molar-refractivity contribution in [3.8, 4) is 0 Å². The molecule has 1 aliphatic rings. The summed E-state index contributed by atoms with van der Waals surface area (Å²) in [5, 5.41) is 0. The summed E-state index contributed by atoms with van der Waals surface area (Å²) in [4.78, 5) is 22.4. The molecule has 0 spiro atoms. The van der Waals surface area contributed by atoms with E-state index in [1.807, 2.05) is 6.92 Å². The minimum Gasteiger partial charge on any atom is -0.450 e. The standard InChI is InChI=1S/C11H16O5S/c1-7(2)11(13)14-4-9(12)16-10-6-17-5-8(3)15-10/h8,10H,1,4-6H2,2-3H3. The molecule has 1 fully saturated rings. The van der Waals surface area contributed by atoms with Crippen molar-refractivity contribution in [2.24, 2.45) is 0 Å². The Labute approximate surface area is 104 Å². The molecule has 96 valence electrons. The van der Waals surface area contributed by atoms with Gasteiger partial charge in [0.05, 0.1) is 11.9 Å². The van der Waals surface area contributed by atoms with Gasteiger partial charge in [0.2, 0.25) is 6.29 Å². The van der Waals surface area contributed by atoms with E-state index in [1.165, 1.54) is 6.92 Å². The van der Waals surface area contributed by atoms with E-state index in [0.717, 1.165) is 5.75 Å². The van der Waals surface area contributed by atoms with Gasteiger partial charge in [0.25, 0.3) is 0 Å². The molecule has 0 aromatic carbocycles. The number of thioether (sulfide) groups is 1. The molecule has 5 nitrogen and oxygen atoms in total. The van der Waals surface area contributed by atoms with Crippen LogP contribution in [0.2, 0.25) is 0 Å². The normalized spacial score (nSPS) is 23.9. The number of esters is 2. The highest BCUT2D eigenvalue weighted by molar-refractivity contribution is 7.99. The number of rotatable bonds is 4. The lowest BCUT2D eigenvalue weighted by Gasteiger charge is -2.26. The van der Waals surface area contributed by atoms with Gasteiger partial charge in [-0.2, -0.15) is 11.8 Å². The van der Waals surface area contributed by atoms with Gasteiger partial charge in [0.15, 0.2) is 6.61 Å². The summed E-state index contributed by atoms with van der Waals surface area (Å²) in [7, 11) is 0. The Morgan fingerprint density at radius 1 is 1.47 bits per heavy atom. The predicted molar refractivity (Wildman–Crippen MR) is 63.5 cm³/mol. The average molecular weight is 260 g/mol. The highest BCUT2D eigenvalue weighted by atomic mass is 32.2. The molecule has 1 heterocycles. The number of ether oxygens (including phenoxy) is 3. The molecule has 2 unspecified atom stereocenters. The average Bonchev–Trinajstić information content (AvgIpc) is 2.25. The quantitative estimate of drug-likeness (QED) is 0.558. The van der Waals surface area contributed by atoms with Gasteiger partial charge in [-0.25, -0.2) is 9.59 Å². The van der Waals surface area contributed by atoms with Crippen molar-refractivity contribution in [2.75, 3.05) is 18.1 Å². The first-order valence-electron chi connectivity index (χ1n) is 5.24. The summed E-state index contributed by atoms with van der Waals surface area (Å²) >= 11 is 1.66.